The molecule has 1 fully saturated rings. The van der Waals surface area contributed by atoms with Crippen molar-refractivity contribution in [2.45, 2.75) is 30.6 Å². The zero-order valence-electron chi connectivity index (χ0n) is 16.8. The number of aryl methyl sites for hydroxylation is 1. The Bertz CT molecular complexity index is 1190. The van der Waals surface area contributed by atoms with Crippen LogP contribution < -0.4 is 4.72 Å². The van der Waals surface area contributed by atoms with Crippen molar-refractivity contribution in [3.63, 3.8) is 0 Å². The molecule has 0 unspecified atom stereocenters. The molecular weight excluding hydrogens is 423 g/mol. The largest absolute Gasteiger partial charge is 0.339 e. The van der Waals surface area contributed by atoms with Crippen molar-refractivity contribution < 1.29 is 22.1 Å². The molecule has 1 aliphatic rings. The summed E-state index contributed by atoms with van der Waals surface area (Å²) >= 11 is 0. The van der Waals surface area contributed by atoms with Crippen molar-refractivity contribution in [3.8, 4) is 0 Å². The van der Waals surface area contributed by atoms with E-state index in [1.807, 2.05) is 0 Å². The third-order valence-electron chi connectivity index (χ3n) is 5.16. The average Bonchev–Trinajstić information content (AvgIpc) is 3.21. The van der Waals surface area contributed by atoms with Crippen LogP contribution in [0.1, 0.15) is 40.8 Å². The minimum absolute atomic E-state index is 0.0427. The van der Waals surface area contributed by atoms with E-state index in [-0.39, 0.29) is 28.0 Å². The number of nitrogens with zero attached hydrogens (tertiary/aromatic N) is 3. The summed E-state index contributed by atoms with van der Waals surface area (Å²) in [5, 5.41) is 3.81. The van der Waals surface area contributed by atoms with E-state index in [0.29, 0.717) is 37.6 Å². The number of benzene rings is 2. The van der Waals surface area contributed by atoms with E-state index in [4.69, 9.17) is 4.52 Å². The molecule has 1 aromatic heterocycles. The lowest BCUT2D eigenvalue weighted by Gasteiger charge is -2.30. The second-order valence-electron chi connectivity index (χ2n) is 7.39. The van der Waals surface area contributed by atoms with Crippen LogP contribution in [0.15, 0.2) is 57.9 Å². The molecule has 0 spiro atoms. The highest BCUT2D eigenvalue weighted by Crippen LogP contribution is 2.28. The Balaban J connectivity index is 1.45. The molecule has 0 radical (unpaired) electrons. The first-order chi connectivity index (χ1) is 14.8. The Morgan fingerprint density at radius 2 is 1.87 bits per heavy atom. The molecule has 162 valence electrons. The quantitative estimate of drug-likeness (QED) is 0.647. The van der Waals surface area contributed by atoms with Gasteiger partial charge < -0.3 is 9.42 Å². The smallest absolute Gasteiger partial charge is 0.261 e. The van der Waals surface area contributed by atoms with Gasteiger partial charge in [-0.2, -0.15) is 4.98 Å². The number of sulfonamides is 1. The van der Waals surface area contributed by atoms with Crippen LogP contribution in [-0.4, -0.2) is 42.5 Å². The molecule has 0 bridgehead atoms. The van der Waals surface area contributed by atoms with Gasteiger partial charge in [0.05, 0.1) is 4.90 Å². The summed E-state index contributed by atoms with van der Waals surface area (Å²) in [4.78, 5) is 18.9. The highest BCUT2D eigenvalue weighted by Gasteiger charge is 2.28. The summed E-state index contributed by atoms with van der Waals surface area (Å²) in [5.74, 6) is 0.578. The summed E-state index contributed by atoms with van der Waals surface area (Å²) in [5.41, 5.74) is 0.519. The Morgan fingerprint density at radius 3 is 2.52 bits per heavy atom. The number of hydrogen-bond donors (Lipinski definition) is 1. The van der Waals surface area contributed by atoms with Crippen molar-refractivity contribution in [2.24, 2.45) is 0 Å². The Morgan fingerprint density at radius 1 is 1.16 bits per heavy atom. The standard InChI is InChI=1S/C21H21FN4O4S/c1-14-23-20(30-24-14)15-9-11-26(12-10-15)21(27)16-3-2-4-19(13-16)31(28,29)25-18-7-5-17(22)6-8-18/h2-8,13,15,25H,9-12H2,1H3. The second kappa shape index (κ2) is 8.46. The van der Waals surface area contributed by atoms with Crippen LogP contribution in [0.5, 0.6) is 0 Å². The number of anilines is 1. The lowest BCUT2D eigenvalue weighted by molar-refractivity contribution is 0.0704. The highest BCUT2D eigenvalue weighted by molar-refractivity contribution is 7.92. The zero-order chi connectivity index (χ0) is 22.0. The van der Waals surface area contributed by atoms with Crippen molar-refractivity contribution in [1.29, 1.82) is 0 Å². The van der Waals surface area contributed by atoms with Crippen LogP contribution in [0.25, 0.3) is 0 Å². The number of carbonyl (C=O) groups is 1. The molecular formula is C21H21FN4O4S. The topological polar surface area (TPSA) is 105 Å². The number of aromatic nitrogens is 2. The second-order valence-corrected chi connectivity index (χ2v) is 9.07. The number of carbonyl (C=O) groups excluding carboxylic acids is 1. The zero-order valence-corrected chi connectivity index (χ0v) is 17.6. The molecule has 31 heavy (non-hydrogen) atoms. The molecule has 4 rings (SSSR count). The first kappa shape index (κ1) is 21.0. The van der Waals surface area contributed by atoms with E-state index in [9.17, 15) is 17.6 Å². The number of piperidine rings is 1. The van der Waals surface area contributed by atoms with Crippen LogP contribution in [0.3, 0.4) is 0 Å². The van der Waals surface area contributed by atoms with Crippen molar-refractivity contribution in [1.82, 2.24) is 15.0 Å². The number of halogens is 1. The Kier molecular flexibility index (Phi) is 5.73. The molecule has 0 atom stereocenters. The first-order valence-electron chi connectivity index (χ1n) is 9.80. The van der Waals surface area contributed by atoms with Gasteiger partial charge in [0.1, 0.15) is 5.82 Å². The molecule has 10 heteroatoms. The molecule has 3 aromatic rings. The van der Waals surface area contributed by atoms with Gasteiger partial charge in [0.2, 0.25) is 5.89 Å². The van der Waals surface area contributed by atoms with E-state index in [1.165, 1.54) is 30.3 Å². The summed E-state index contributed by atoms with van der Waals surface area (Å²) in [6.07, 6.45) is 1.38. The molecule has 1 N–H and O–H groups in total. The molecule has 0 saturated carbocycles. The fourth-order valence-electron chi connectivity index (χ4n) is 3.52. The molecule has 2 aromatic carbocycles. The molecule has 0 aliphatic carbocycles. The van der Waals surface area contributed by atoms with E-state index < -0.39 is 15.8 Å². The van der Waals surface area contributed by atoms with Gasteiger partial charge in [-0.3, -0.25) is 9.52 Å². The summed E-state index contributed by atoms with van der Waals surface area (Å²) in [6, 6.07) is 10.9. The van der Waals surface area contributed by atoms with Crippen LogP contribution in [0.2, 0.25) is 0 Å². The maximum Gasteiger partial charge on any atom is 0.261 e. The minimum Gasteiger partial charge on any atom is -0.339 e. The maximum absolute atomic E-state index is 13.1. The molecule has 2 heterocycles. The molecule has 1 saturated heterocycles. The Labute approximate surface area is 179 Å². The Hall–Kier alpha value is -3.27. The molecule has 1 amide bonds. The monoisotopic (exact) mass is 444 g/mol. The predicted molar refractivity (Wildman–Crippen MR) is 111 cm³/mol. The van der Waals surface area contributed by atoms with Gasteiger partial charge in [0.15, 0.2) is 5.82 Å². The van der Waals surface area contributed by atoms with Gasteiger partial charge in [-0.25, -0.2) is 12.8 Å². The number of nitrogens with one attached hydrogen (secondary N) is 1. The van der Waals surface area contributed by atoms with Crippen LogP contribution >= 0.6 is 0 Å². The van der Waals surface area contributed by atoms with Crippen LogP contribution in [0.4, 0.5) is 10.1 Å². The highest BCUT2D eigenvalue weighted by atomic mass is 32.2. The summed E-state index contributed by atoms with van der Waals surface area (Å²) in [6.45, 7) is 2.78. The average molecular weight is 444 g/mol. The summed E-state index contributed by atoms with van der Waals surface area (Å²) < 4.78 is 46.0. The lowest BCUT2D eigenvalue weighted by Crippen LogP contribution is -2.38. The van der Waals surface area contributed by atoms with Gasteiger partial charge in [-0.15, -0.1) is 0 Å². The van der Waals surface area contributed by atoms with Gasteiger partial charge in [0.25, 0.3) is 15.9 Å². The van der Waals surface area contributed by atoms with E-state index >= 15 is 0 Å². The van der Waals surface area contributed by atoms with E-state index in [2.05, 4.69) is 14.9 Å². The van der Waals surface area contributed by atoms with Crippen LogP contribution in [-0.2, 0) is 10.0 Å². The summed E-state index contributed by atoms with van der Waals surface area (Å²) in [7, 11) is -3.93. The van der Waals surface area contributed by atoms with Crippen LogP contribution in [0, 0.1) is 12.7 Å². The number of likely N-dealkylation sites (tertiary alicyclic amines) is 1. The van der Waals surface area contributed by atoms with Crippen molar-refractivity contribution in [2.75, 3.05) is 17.8 Å². The third-order valence-corrected chi connectivity index (χ3v) is 6.54. The molecule has 8 nitrogen and oxygen atoms in total. The SMILES string of the molecule is Cc1noc(C2CCN(C(=O)c3cccc(S(=O)(=O)Nc4ccc(F)cc4)c3)CC2)n1. The van der Waals surface area contributed by atoms with Gasteiger partial charge in [-0.1, -0.05) is 11.2 Å². The number of hydrogen-bond acceptors (Lipinski definition) is 6. The number of rotatable bonds is 5. The third kappa shape index (κ3) is 4.74. The van der Waals surface area contributed by atoms with E-state index in [0.717, 1.165) is 12.1 Å². The fraction of sp³-hybridized carbons (Fsp3) is 0.286. The fourth-order valence-corrected chi connectivity index (χ4v) is 4.62. The molecule has 1 aliphatic heterocycles. The van der Waals surface area contributed by atoms with Gasteiger partial charge >= 0.3 is 0 Å². The normalized spacial score (nSPS) is 15.1. The minimum atomic E-state index is -3.93. The lowest BCUT2D eigenvalue weighted by atomic mass is 9.96. The maximum atomic E-state index is 13.1. The van der Waals surface area contributed by atoms with E-state index in [1.54, 1.807) is 17.9 Å². The van der Waals surface area contributed by atoms with Gasteiger partial charge in [-0.05, 0) is 62.2 Å². The predicted octanol–water partition coefficient (Wildman–Crippen LogP) is 3.34. The van der Waals surface area contributed by atoms with Crippen molar-refractivity contribution in [3.05, 3.63) is 71.6 Å². The van der Waals surface area contributed by atoms with Crippen molar-refractivity contribution >= 4 is 21.6 Å². The van der Waals surface area contributed by atoms with Gasteiger partial charge in [0, 0.05) is 30.3 Å². The number of amides is 1. The first-order valence-corrected chi connectivity index (χ1v) is 11.3.